The van der Waals surface area contributed by atoms with Crippen LogP contribution in [0.25, 0.3) is 0 Å². The van der Waals surface area contributed by atoms with Crippen LogP contribution in [0.3, 0.4) is 0 Å². The third-order valence-electron chi connectivity index (χ3n) is 8.59. The van der Waals surface area contributed by atoms with Gasteiger partial charge in [-0.3, -0.25) is 0 Å². The van der Waals surface area contributed by atoms with E-state index in [9.17, 15) is 0 Å². The second kappa shape index (κ2) is 13.3. The summed E-state index contributed by atoms with van der Waals surface area (Å²) in [5, 5.41) is 0. The maximum absolute atomic E-state index is 2.56. The van der Waals surface area contributed by atoms with Crippen molar-refractivity contribution >= 4 is 0 Å². The van der Waals surface area contributed by atoms with Crippen LogP contribution >= 0.6 is 0 Å². The third kappa shape index (κ3) is 8.02. The van der Waals surface area contributed by atoms with Crippen molar-refractivity contribution in [1.29, 1.82) is 0 Å². The average molecular weight is 393 g/mol. The molecule has 0 bridgehead atoms. The van der Waals surface area contributed by atoms with Gasteiger partial charge in [0.2, 0.25) is 0 Å². The van der Waals surface area contributed by atoms with Crippen molar-refractivity contribution in [2.24, 2.45) is 53.3 Å². The number of hydrogen-bond acceptors (Lipinski definition) is 0. The van der Waals surface area contributed by atoms with Gasteiger partial charge < -0.3 is 0 Å². The van der Waals surface area contributed by atoms with Crippen LogP contribution in [0.2, 0.25) is 0 Å². The molecular formula is C28H56. The molecule has 0 aromatic rings. The maximum Gasteiger partial charge on any atom is -0.0352 e. The highest BCUT2D eigenvalue weighted by Gasteiger charge is 2.44. The topological polar surface area (TPSA) is 0 Å². The fourth-order valence-corrected chi connectivity index (χ4v) is 6.79. The third-order valence-corrected chi connectivity index (χ3v) is 8.59. The zero-order chi connectivity index (χ0) is 21.3. The van der Waals surface area contributed by atoms with E-state index >= 15 is 0 Å². The molecule has 0 aromatic heterocycles. The lowest BCUT2D eigenvalue weighted by molar-refractivity contribution is 0.168. The largest absolute Gasteiger partial charge is 0.0651 e. The Balaban J connectivity index is 2.49. The molecule has 28 heavy (non-hydrogen) atoms. The first-order chi connectivity index (χ1) is 13.3. The summed E-state index contributed by atoms with van der Waals surface area (Å²) >= 11 is 0. The van der Waals surface area contributed by atoms with Crippen LogP contribution < -0.4 is 0 Å². The SMILES string of the molecule is CCC(CC)C(CC)C(CC)CC(C)CCC(CC)C1CC1C(C)CC(C)C. The lowest BCUT2D eigenvalue weighted by atomic mass is 9.72. The summed E-state index contributed by atoms with van der Waals surface area (Å²) in [6, 6.07) is 0. The van der Waals surface area contributed by atoms with Crippen molar-refractivity contribution in [1.82, 2.24) is 0 Å². The van der Waals surface area contributed by atoms with Gasteiger partial charge in [0, 0.05) is 0 Å². The average Bonchev–Trinajstić information content (AvgIpc) is 3.45. The molecule has 0 heterocycles. The van der Waals surface area contributed by atoms with Gasteiger partial charge in [-0.05, 0) is 78.9 Å². The molecule has 0 heteroatoms. The molecule has 0 aliphatic heterocycles. The molecule has 1 saturated carbocycles. The van der Waals surface area contributed by atoms with Gasteiger partial charge in [-0.2, -0.15) is 0 Å². The molecule has 7 atom stereocenters. The highest BCUT2D eigenvalue weighted by molar-refractivity contribution is 4.94. The zero-order valence-corrected chi connectivity index (χ0v) is 21.3. The normalized spacial score (nSPS) is 25.0. The highest BCUT2D eigenvalue weighted by atomic mass is 14.5. The molecule has 168 valence electrons. The van der Waals surface area contributed by atoms with E-state index < -0.39 is 0 Å². The quantitative estimate of drug-likeness (QED) is 0.245. The molecule has 0 saturated heterocycles. The smallest absolute Gasteiger partial charge is 0.0352 e. The van der Waals surface area contributed by atoms with Gasteiger partial charge in [-0.15, -0.1) is 0 Å². The lowest BCUT2D eigenvalue weighted by Crippen LogP contribution is -2.24. The van der Waals surface area contributed by atoms with E-state index in [1.165, 1.54) is 64.2 Å². The Bertz CT molecular complexity index is 379. The van der Waals surface area contributed by atoms with E-state index in [0.29, 0.717) is 0 Å². The first kappa shape index (κ1) is 26.0. The molecule has 0 aromatic carbocycles. The van der Waals surface area contributed by atoms with Crippen molar-refractivity contribution < 1.29 is 0 Å². The Hall–Kier alpha value is 0. The second-order valence-corrected chi connectivity index (χ2v) is 11.1. The van der Waals surface area contributed by atoms with Crippen LogP contribution in [0.1, 0.15) is 127 Å². The van der Waals surface area contributed by atoms with Crippen LogP contribution in [-0.4, -0.2) is 0 Å². The van der Waals surface area contributed by atoms with Gasteiger partial charge >= 0.3 is 0 Å². The van der Waals surface area contributed by atoms with Gasteiger partial charge in [0.05, 0.1) is 0 Å². The monoisotopic (exact) mass is 392 g/mol. The van der Waals surface area contributed by atoms with E-state index in [2.05, 4.69) is 62.3 Å². The van der Waals surface area contributed by atoms with Crippen LogP contribution in [0.4, 0.5) is 0 Å². The second-order valence-electron chi connectivity index (χ2n) is 11.1. The standard InChI is InChI=1S/C28H56/c1-10-23(11-2)26(14-5)25(13-4)18-21(8)15-16-24(12-3)28-19-27(28)22(9)17-20(6)7/h20-28H,10-19H2,1-9H3. The van der Waals surface area contributed by atoms with E-state index in [1.54, 1.807) is 0 Å². The van der Waals surface area contributed by atoms with Crippen LogP contribution in [-0.2, 0) is 0 Å². The maximum atomic E-state index is 2.56. The minimum atomic E-state index is 0.865. The molecule has 0 radical (unpaired) electrons. The Morgan fingerprint density at radius 1 is 0.643 bits per heavy atom. The Morgan fingerprint density at radius 2 is 1.25 bits per heavy atom. The molecule has 7 unspecified atom stereocenters. The first-order valence-corrected chi connectivity index (χ1v) is 13.3. The summed E-state index contributed by atoms with van der Waals surface area (Å²) in [6.45, 7) is 22.0. The van der Waals surface area contributed by atoms with E-state index in [4.69, 9.17) is 0 Å². The minimum Gasteiger partial charge on any atom is -0.0651 e. The summed E-state index contributed by atoms with van der Waals surface area (Å²) < 4.78 is 0. The van der Waals surface area contributed by atoms with Crippen molar-refractivity contribution in [2.45, 2.75) is 127 Å². The molecule has 1 aliphatic rings. The fourth-order valence-electron chi connectivity index (χ4n) is 6.79. The predicted molar refractivity (Wildman–Crippen MR) is 129 cm³/mol. The molecule has 1 fully saturated rings. The first-order valence-electron chi connectivity index (χ1n) is 13.3. The van der Waals surface area contributed by atoms with Crippen molar-refractivity contribution in [3.8, 4) is 0 Å². The summed E-state index contributed by atoms with van der Waals surface area (Å²) in [7, 11) is 0. The van der Waals surface area contributed by atoms with Crippen LogP contribution in [0.5, 0.6) is 0 Å². The molecule has 0 amide bonds. The van der Waals surface area contributed by atoms with Crippen LogP contribution in [0.15, 0.2) is 0 Å². The molecular weight excluding hydrogens is 336 g/mol. The Morgan fingerprint density at radius 3 is 1.71 bits per heavy atom. The van der Waals surface area contributed by atoms with Crippen LogP contribution in [0, 0.1) is 53.3 Å². The Kier molecular flexibility index (Phi) is 12.4. The van der Waals surface area contributed by atoms with Gasteiger partial charge in [-0.25, -0.2) is 0 Å². The molecule has 0 nitrogen and oxygen atoms in total. The lowest BCUT2D eigenvalue weighted by Gasteiger charge is -2.33. The molecule has 1 aliphatic carbocycles. The number of rotatable bonds is 16. The van der Waals surface area contributed by atoms with E-state index in [0.717, 1.165) is 53.3 Å². The van der Waals surface area contributed by atoms with Crippen molar-refractivity contribution in [3.63, 3.8) is 0 Å². The van der Waals surface area contributed by atoms with Gasteiger partial charge in [0.1, 0.15) is 0 Å². The summed E-state index contributed by atoms with van der Waals surface area (Å²) in [5.41, 5.74) is 0. The predicted octanol–water partition coefficient (Wildman–Crippen LogP) is 9.63. The summed E-state index contributed by atoms with van der Waals surface area (Å²) in [6.07, 6.45) is 14.3. The van der Waals surface area contributed by atoms with Gasteiger partial charge in [0.15, 0.2) is 0 Å². The molecule has 0 spiro atoms. The van der Waals surface area contributed by atoms with E-state index in [-0.39, 0.29) is 0 Å². The van der Waals surface area contributed by atoms with Gasteiger partial charge in [-0.1, -0.05) is 101 Å². The fraction of sp³-hybridized carbons (Fsp3) is 1.00. The summed E-state index contributed by atoms with van der Waals surface area (Å²) in [5.74, 6) is 8.68. The minimum absolute atomic E-state index is 0.865. The Labute approximate surface area is 180 Å². The molecule has 0 N–H and O–H groups in total. The van der Waals surface area contributed by atoms with Gasteiger partial charge in [0.25, 0.3) is 0 Å². The number of hydrogen-bond donors (Lipinski definition) is 0. The van der Waals surface area contributed by atoms with Crippen molar-refractivity contribution in [2.75, 3.05) is 0 Å². The zero-order valence-electron chi connectivity index (χ0n) is 21.3. The molecule has 1 rings (SSSR count). The highest BCUT2D eigenvalue weighted by Crippen LogP contribution is 2.53. The van der Waals surface area contributed by atoms with E-state index in [1.807, 2.05) is 0 Å². The summed E-state index contributed by atoms with van der Waals surface area (Å²) in [4.78, 5) is 0. The van der Waals surface area contributed by atoms with Crippen molar-refractivity contribution in [3.05, 3.63) is 0 Å².